The number of benzene rings is 2. The van der Waals surface area contributed by atoms with Gasteiger partial charge in [-0.2, -0.15) is 0 Å². The summed E-state index contributed by atoms with van der Waals surface area (Å²) in [6.45, 7) is 4.16. The number of esters is 1. The van der Waals surface area contributed by atoms with E-state index in [1.807, 2.05) is 36.4 Å². The molecular formula is C23H30N2O5. The molecule has 1 fully saturated rings. The Balaban J connectivity index is 1.50. The van der Waals surface area contributed by atoms with Gasteiger partial charge in [0.1, 0.15) is 5.75 Å². The Bertz CT molecular complexity index is 877. The summed E-state index contributed by atoms with van der Waals surface area (Å²) in [7, 11) is 3.69. The highest BCUT2D eigenvalue weighted by molar-refractivity contribution is 5.86. The van der Waals surface area contributed by atoms with Gasteiger partial charge < -0.3 is 19.5 Å². The van der Waals surface area contributed by atoms with Crippen molar-refractivity contribution in [3.63, 3.8) is 0 Å². The summed E-state index contributed by atoms with van der Waals surface area (Å²) in [5.41, 5.74) is 0.754. The van der Waals surface area contributed by atoms with Gasteiger partial charge in [-0.1, -0.05) is 24.3 Å². The molecule has 1 aliphatic heterocycles. The molecule has 1 unspecified atom stereocenters. The SMILES string of the molecule is COc1ccc2cc(C(CCCOC(=O)CN3CCN(C)CC3)C(=O)O)ccc2c1. The van der Waals surface area contributed by atoms with Crippen molar-refractivity contribution in [1.29, 1.82) is 0 Å². The van der Waals surface area contributed by atoms with Gasteiger partial charge in [0.15, 0.2) is 0 Å². The summed E-state index contributed by atoms with van der Waals surface area (Å²) in [6, 6.07) is 11.4. The Kier molecular flexibility index (Phi) is 7.65. The second-order valence-electron chi connectivity index (χ2n) is 7.81. The molecule has 2 aromatic carbocycles. The number of hydrogen-bond donors (Lipinski definition) is 1. The molecule has 0 amide bonds. The zero-order valence-corrected chi connectivity index (χ0v) is 17.7. The number of carboxylic acids is 1. The predicted octanol–water partition coefficient (Wildman–Crippen LogP) is 2.59. The van der Waals surface area contributed by atoms with Gasteiger partial charge in [-0.05, 0) is 48.4 Å². The number of carboxylic acid groups (broad SMARTS) is 1. The zero-order valence-electron chi connectivity index (χ0n) is 17.7. The summed E-state index contributed by atoms with van der Waals surface area (Å²) in [6.07, 6.45) is 0.922. The lowest BCUT2D eigenvalue weighted by Gasteiger charge is -2.31. The lowest BCUT2D eigenvalue weighted by Crippen LogP contribution is -2.46. The minimum atomic E-state index is -0.869. The Morgan fingerprint density at radius 2 is 1.77 bits per heavy atom. The molecule has 1 saturated heterocycles. The number of aliphatic carboxylic acids is 1. The molecule has 3 rings (SSSR count). The third-order valence-electron chi connectivity index (χ3n) is 5.62. The van der Waals surface area contributed by atoms with E-state index >= 15 is 0 Å². The van der Waals surface area contributed by atoms with Crippen LogP contribution in [0.3, 0.4) is 0 Å². The maximum Gasteiger partial charge on any atom is 0.320 e. The van der Waals surface area contributed by atoms with Crippen LogP contribution < -0.4 is 4.74 Å². The highest BCUT2D eigenvalue weighted by Crippen LogP contribution is 2.27. The summed E-state index contributed by atoms with van der Waals surface area (Å²) < 4.78 is 10.6. The van der Waals surface area contributed by atoms with E-state index in [9.17, 15) is 14.7 Å². The van der Waals surface area contributed by atoms with Crippen LogP contribution in [-0.2, 0) is 14.3 Å². The third kappa shape index (κ3) is 5.93. The van der Waals surface area contributed by atoms with E-state index in [0.717, 1.165) is 48.3 Å². The van der Waals surface area contributed by atoms with Crippen molar-refractivity contribution in [2.24, 2.45) is 0 Å². The fraction of sp³-hybridized carbons (Fsp3) is 0.478. The number of hydrogen-bond acceptors (Lipinski definition) is 6. The fourth-order valence-corrected chi connectivity index (χ4v) is 3.73. The van der Waals surface area contributed by atoms with Crippen LogP contribution >= 0.6 is 0 Å². The average Bonchev–Trinajstić information content (AvgIpc) is 2.74. The molecule has 0 radical (unpaired) electrons. The van der Waals surface area contributed by atoms with Gasteiger partial charge in [0, 0.05) is 26.2 Å². The summed E-state index contributed by atoms with van der Waals surface area (Å²) in [5.74, 6) is -0.978. The quantitative estimate of drug-likeness (QED) is 0.499. The Hall–Kier alpha value is -2.64. The van der Waals surface area contributed by atoms with Crippen molar-refractivity contribution in [2.75, 3.05) is 53.5 Å². The van der Waals surface area contributed by atoms with Crippen molar-refractivity contribution < 1.29 is 24.2 Å². The topological polar surface area (TPSA) is 79.3 Å². The molecule has 0 aliphatic carbocycles. The number of rotatable bonds is 9. The van der Waals surface area contributed by atoms with E-state index in [0.29, 0.717) is 19.4 Å². The van der Waals surface area contributed by atoms with Gasteiger partial charge in [0.2, 0.25) is 0 Å². The minimum Gasteiger partial charge on any atom is -0.497 e. The van der Waals surface area contributed by atoms with Crippen molar-refractivity contribution in [3.05, 3.63) is 42.0 Å². The molecule has 30 heavy (non-hydrogen) atoms. The van der Waals surface area contributed by atoms with E-state index in [1.54, 1.807) is 7.11 Å². The van der Waals surface area contributed by atoms with Crippen LogP contribution in [0, 0.1) is 0 Å². The number of nitrogens with zero attached hydrogens (tertiary/aromatic N) is 2. The maximum atomic E-state index is 12.0. The van der Waals surface area contributed by atoms with Crippen LogP contribution in [0.2, 0.25) is 0 Å². The van der Waals surface area contributed by atoms with Crippen LogP contribution in [0.4, 0.5) is 0 Å². The Morgan fingerprint density at radius 3 is 2.47 bits per heavy atom. The lowest BCUT2D eigenvalue weighted by atomic mass is 9.92. The molecule has 0 spiro atoms. The van der Waals surface area contributed by atoms with Crippen LogP contribution in [0.1, 0.15) is 24.3 Å². The van der Waals surface area contributed by atoms with Gasteiger partial charge in [0.05, 0.1) is 26.2 Å². The highest BCUT2D eigenvalue weighted by Gasteiger charge is 2.21. The smallest absolute Gasteiger partial charge is 0.320 e. The first-order valence-corrected chi connectivity index (χ1v) is 10.3. The average molecular weight is 415 g/mol. The monoisotopic (exact) mass is 414 g/mol. The molecule has 0 aromatic heterocycles. The normalized spacial score (nSPS) is 16.3. The third-order valence-corrected chi connectivity index (χ3v) is 5.62. The van der Waals surface area contributed by atoms with E-state index in [2.05, 4.69) is 16.8 Å². The fourth-order valence-electron chi connectivity index (χ4n) is 3.73. The number of likely N-dealkylation sites (N-methyl/N-ethyl adjacent to an activating group) is 1. The Morgan fingerprint density at radius 1 is 1.07 bits per heavy atom. The van der Waals surface area contributed by atoms with E-state index in [4.69, 9.17) is 9.47 Å². The van der Waals surface area contributed by atoms with Gasteiger partial charge in [-0.25, -0.2) is 0 Å². The summed E-state index contributed by atoms with van der Waals surface area (Å²) in [5, 5.41) is 11.7. The number of piperazine rings is 1. The second kappa shape index (κ2) is 10.4. The molecule has 0 bridgehead atoms. The molecule has 2 aromatic rings. The van der Waals surface area contributed by atoms with Crippen molar-refractivity contribution >= 4 is 22.7 Å². The molecule has 1 aliphatic rings. The molecule has 7 nitrogen and oxygen atoms in total. The van der Waals surface area contributed by atoms with Crippen LogP contribution in [0.25, 0.3) is 10.8 Å². The van der Waals surface area contributed by atoms with Crippen molar-refractivity contribution in [1.82, 2.24) is 9.80 Å². The van der Waals surface area contributed by atoms with Gasteiger partial charge in [-0.3, -0.25) is 14.5 Å². The van der Waals surface area contributed by atoms with Crippen LogP contribution in [0.5, 0.6) is 5.75 Å². The van der Waals surface area contributed by atoms with Crippen molar-refractivity contribution in [3.8, 4) is 5.75 Å². The first-order valence-electron chi connectivity index (χ1n) is 10.3. The summed E-state index contributed by atoms with van der Waals surface area (Å²) in [4.78, 5) is 28.2. The second-order valence-corrected chi connectivity index (χ2v) is 7.81. The highest BCUT2D eigenvalue weighted by atomic mass is 16.5. The number of methoxy groups -OCH3 is 1. The maximum absolute atomic E-state index is 12.0. The van der Waals surface area contributed by atoms with E-state index in [1.165, 1.54) is 0 Å². The predicted molar refractivity (Wildman–Crippen MR) is 115 cm³/mol. The minimum absolute atomic E-state index is 0.237. The van der Waals surface area contributed by atoms with Gasteiger partial charge in [0.25, 0.3) is 0 Å². The first kappa shape index (κ1) is 22.1. The number of carbonyl (C=O) groups is 2. The largest absolute Gasteiger partial charge is 0.497 e. The standard InChI is InChI=1S/C23H30N2O5/c1-24-9-11-25(12-10-24)16-22(26)30-13-3-4-21(23(27)28)19-6-5-18-15-20(29-2)8-7-17(18)14-19/h5-8,14-15,21H,3-4,9-13,16H2,1-2H3,(H,27,28). The number of ether oxygens (including phenoxy) is 2. The van der Waals surface area contributed by atoms with Crippen molar-refractivity contribution in [2.45, 2.75) is 18.8 Å². The number of fused-ring (bicyclic) bond motifs is 1. The molecule has 1 N–H and O–H groups in total. The molecule has 0 saturated carbocycles. The Labute approximate surface area is 177 Å². The molecule has 7 heteroatoms. The molecule has 1 atom stereocenters. The van der Waals surface area contributed by atoms with E-state index < -0.39 is 11.9 Å². The van der Waals surface area contributed by atoms with Crippen LogP contribution in [0.15, 0.2) is 36.4 Å². The van der Waals surface area contributed by atoms with E-state index in [-0.39, 0.29) is 12.6 Å². The van der Waals surface area contributed by atoms with Gasteiger partial charge in [-0.15, -0.1) is 0 Å². The first-order chi connectivity index (χ1) is 14.5. The lowest BCUT2D eigenvalue weighted by molar-refractivity contribution is -0.145. The number of carbonyl (C=O) groups excluding carboxylic acids is 1. The van der Waals surface area contributed by atoms with Crippen LogP contribution in [-0.4, -0.2) is 80.3 Å². The molecule has 162 valence electrons. The molecule has 1 heterocycles. The summed E-state index contributed by atoms with van der Waals surface area (Å²) >= 11 is 0. The molecular weight excluding hydrogens is 384 g/mol. The van der Waals surface area contributed by atoms with Gasteiger partial charge >= 0.3 is 11.9 Å². The zero-order chi connectivity index (χ0) is 21.5.